The minimum absolute atomic E-state index is 0.0786. The molecular weight excluding hydrogens is 202 g/mol. The first-order chi connectivity index (χ1) is 7.63. The first-order valence-corrected chi connectivity index (χ1v) is 6.41. The molecule has 0 aromatic carbocycles. The van der Waals surface area contributed by atoms with E-state index in [1.807, 2.05) is 4.90 Å². The van der Waals surface area contributed by atoms with Crippen molar-refractivity contribution in [3.05, 3.63) is 0 Å². The van der Waals surface area contributed by atoms with Crippen LogP contribution in [0.5, 0.6) is 0 Å². The van der Waals surface area contributed by atoms with E-state index in [0.29, 0.717) is 12.5 Å². The summed E-state index contributed by atoms with van der Waals surface area (Å²) in [6.45, 7) is 6.76. The van der Waals surface area contributed by atoms with Crippen LogP contribution in [0.1, 0.15) is 39.5 Å². The summed E-state index contributed by atoms with van der Waals surface area (Å²) >= 11 is 0. The molecule has 4 heteroatoms. The molecule has 1 aliphatic heterocycles. The minimum Gasteiger partial charge on any atom is -0.338 e. The van der Waals surface area contributed by atoms with Gasteiger partial charge in [0.25, 0.3) is 0 Å². The van der Waals surface area contributed by atoms with Crippen LogP contribution in [0.2, 0.25) is 0 Å². The molecule has 0 bridgehead atoms. The topological polar surface area (TPSA) is 58.4 Å². The average molecular weight is 227 g/mol. The second-order valence-corrected chi connectivity index (χ2v) is 4.88. The van der Waals surface area contributed by atoms with E-state index in [1.165, 1.54) is 6.42 Å². The molecule has 3 N–H and O–H groups in total. The van der Waals surface area contributed by atoms with Crippen LogP contribution in [0, 0.1) is 5.92 Å². The standard InChI is InChI=1S/C12H25N3O/c1-3-11(13)6-7-14-12(16)15-8-4-5-10(2)9-15/h10-11H,3-9,13H2,1-2H3,(H,14,16). The number of carbonyl (C=O) groups excluding carboxylic acids is 1. The highest BCUT2D eigenvalue weighted by Gasteiger charge is 2.20. The molecule has 0 aliphatic carbocycles. The van der Waals surface area contributed by atoms with Crippen molar-refractivity contribution in [2.45, 2.75) is 45.6 Å². The summed E-state index contributed by atoms with van der Waals surface area (Å²) in [4.78, 5) is 13.7. The Bertz CT molecular complexity index is 220. The van der Waals surface area contributed by atoms with E-state index in [-0.39, 0.29) is 12.1 Å². The lowest BCUT2D eigenvalue weighted by Gasteiger charge is -2.31. The van der Waals surface area contributed by atoms with Gasteiger partial charge in [0, 0.05) is 25.7 Å². The van der Waals surface area contributed by atoms with Gasteiger partial charge in [0.2, 0.25) is 0 Å². The summed E-state index contributed by atoms with van der Waals surface area (Å²) in [5.41, 5.74) is 5.79. The second kappa shape index (κ2) is 6.74. The van der Waals surface area contributed by atoms with Crippen LogP contribution in [0.3, 0.4) is 0 Å². The fourth-order valence-corrected chi connectivity index (χ4v) is 2.05. The fraction of sp³-hybridized carbons (Fsp3) is 0.917. The lowest BCUT2D eigenvalue weighted by molar-refractivity contribution is 0.169. The van der Waals surface area contributed by atoms with E-state index >= 15 is 0 Å². The number of rotatable bonds is 4. The predicted molar refractivity (Wildman–Crippen MR) is 66.3 cm³/mol. The zero-order valence-electron chi connectivity index (χ0n) is 10.5. The molecule has 0 radical (unpaired) electrons. The minimum atomic E-state index is 0.0786. The van der Waals surface area contributed by atoms with Crippen molar-refractivity contribution in [2.75, 3.05) is 19.6 Å². The van der Waals surface area contributed by atoms with Crippen molar-refractivity contribution in [2.24, 2.45) is 11.7 Å². The van der Waals surface area contributed by atoms with Gasteiger partial charge in [0.15, 0.2) is 0 Å². The van der Waals surface area contributed by atoms with Crippen molar-refractivity contribution in [1.29, 1.82) is 0 Å². The molecule has 4 nitrogen and oxygen atoms in total. The number of carbonyl (C=O) groups is 1. The SMILES string of the molecule is CCC(N)CCNC(=O)N1CCCC(C)C1. The largest absolute Gasteiger partial charge is 0.338 e. The van der Waals surface area contributed by atoms with Gasteiger partial charge in [-0.15, -0.1) is 0 Å². The zero-order chi connectivity index (χ0) is 12.0. The molecule has 2 amide bonds. The van der Waals surface area contributed by atoms with Gasteiger partial charge in [-0.05, 0) is 31.6 Å². The molecule has 2 unspecified atom stereocenters. The maximum atomic E-state index is 11.8. The maximum Gasteiger partial charge on any atom is 0.317 e. The van der Waals surface area contributed by atoms with Crippen molar-refractivity contribution in [3.8, 4) is 0 Å². The average Bonchev–Trinajstić information content (AvgIpc) is 2.28. The summed E-state index contributed by atoms with van der Waals surface area (Å²) < 4.78 is 0. The highest BCUT2D eigenvalue weighted by molar-refractivity contribution is 5.74. The van der Waals surface area contributed by atoms with Gasteiger partial charge in [0.05, 0.1) is 0 Å². The molecule has 16 heavy (non-hydrogen) atoms. The van der Waals surface area contributed by atoms with E-state index in [2.05, 4.69) is 19.2 Å². The third-order valence-electron chi connectivity index (χ3n) is 3.26. The molecule has 0 aromatic rings. The highest BCUT2D eigenvalue weighted by atomic mass is 16.2. The number of urea groups is 1. The summed E-state index contributed by atoms with van der Waals surface area (Å²) in [6.07, 6.45) is 4.20. The third kappa shape index (κ3) is 4.39. The van der Waals surface area contributed by atoms with E-state index in [0.717, 1.165) is 32.4 Å². The van der Waals surface area contributed by atoms with Crippen molar-refractivity contribution < 1.29 is 4.79 Å². The number of likely N-dealkylation sites (tertiary alicyclic amines) is 1. The van der Waals surface area contributed by atoms with Crippen molar-refractivity contribution in [3.63, 3.8) is 0 Å². The number of hydrogen-bond donors (Lipinski definition) is 2. The lowest BCUT2D eigenvalue weighted by atomic mass is 10.0. The van der Waals surface area contributed by atoms with Gasteiger partial charge in [-0.2, -0.15) is 0 Å². The monoisotopic (exact) mass is 227 g/mol. The van der Waals surface area contributed by atoms with Gasteiger partial charge in [-0.25, -0.2) is 4.79 Å². The molecule has 94 valence electrons. The van der Waals surface area contributed by atoms with Crippen LogP contribution in [-0.4, -0.2) is 36.6 Å². The Labute approximate surface area is 98.6 Å². The number of nitrogens with zero attached hydrogens (tertiary/aromatic N) is 1. The third-order valence-corrected chi connectivity index (χ3v) is 3.26. The molecule has 1 saturated heterocycles. The van der Waals surface area contributed by atoms with Crippen LogP contribution in [0.15, 0.2) is 0 Å². The molecule has 1 aliphatic rings. The van der Waals surface area contributed by atoms with Crippen LogP contribution in [0.25, 0.3) is 0 Å². The molecule has 1 fully saturated rings. The van der Waals surface area contributed by atoms with Gasteiger partial charge in [0.1, 0.15) is 0 Å². The molecule has 0 aromatic heterocycles. The Balaban J connectivity index is 2.19. The molecule has 1 heterocycles. The summed E-state index contributed by atoms with van der Waals surface area (Å²) in [6, 6.07) is 0.287. The first kappa shape index (κ1) is 13.3. The Kier molecular flexibility index (Phi) is 5.60. The maximum absolute atomic E-state index is 11.8. The molecule has 1 rings (SSSR count). The van der Waals surface area contributed by atoms with Gasteiger partial charge >= 0.3 is 6.03 Å². The van der Waals surface area contributed by atoms with E-state index < -0.39 is 0 Å². The van der Waals surface area contributed by atoms with Crippen LogP contribution in [0.4, 0.5) is 4.79 Å². The van der Waals surface area contributed by atoms with Gasteiger partial charge in [-0.3, -0.25) is 0 Å². The number of nitrogens with one attached hydrogen (secondary N) is 1. The number of nitrogens with two attached hydrogens (primary N) is 1. The van der Waals surface area contributed by atoms with Crippen LogP contribution in [-0.2, 0) is 0 Å². The van der Waals surface area contributed by atoms with Crippen molar-refractivity contribution in [1.82, 2.24) is 10.2 Å². The molecule has 0 saturated carbocycles. The summed E-state index contributed by atoms with van der Waals surface area (Å²) in [5.74, 6) is 0.636. The quantitative estimate of drug-likeness (QED) is 0.765. The number of hydrogen-bond acceptors (Lipinski definition) is 2. The van der Waals surface area contributed by atoms with Crippen molar-refractivity contribution >= 4 is 6.03 Å². The highest BCUT2D eigenvalue weighted by Crippen LogP contribution is 2.15. The molecule has 2 atom stereocenters. The van der Waals surface area contributed by atoms with Crippen LogP contribution >= 0.6 is 0 Å². The Morgan fingerprint density at radius 2 is 2.38 bits per heavy atom. The normalized spacial score (nSPS) is 22.9. The van der Waals surface area contributed by atoms with E-state index in [1.54, 1.807) is 0 Å². The second-order valence-electron chi connectivity index (χ2n) is 4.88. The Hall–Kier alpha value is -0.770. The number of piperidine rings is 1. The van der Waals surface area contributed by atoms with E-state index in [9.17, 15) is 4.79 Å². The molecular formula is C12H25N3O. The van der Waals surface area contributed by atoms with Crippen LogP contribution < -0.4 is 11.1 Å². The summed E-state index contributed by atoms with van der Waals surface area (Å²) in [7, 11) is 0. The summed E-state index contributed by atoms with van der Waals surface area (Å²) in [5, 5.41) is 2.95. The smallest absolute Gasteiger partial charge is 0.317 e. The zero-order valence-corrected chi connectivity index (χ0v) is 10.5. The lowest BCUT2D eigenvalue weighted by Crippen LogP contribution is -2.45. The van der Waals surface area contributed by atoms with Gasteiger partial charge < -0.3 is 16.0 Å². The first-order valence-electron chi connectivity index (χ1n) is 6.41. The predicted octanol–water partition coefficient (Wildman–Crippen LogP) is 1.56. The Morgan fingerprint density at radius 1 is 1.62 bits per heavy atom. The Morgan fingerprint density at radius 3 is 3.00 bits per heavy atom. The molecule has 0 spiro atoms. The fourth-order valence-electron chi connectivity index (χ4n) is 2.05. The number of amides is 2. The van der Waals surface area contributed by atoms with E-state index in [4.69, 9.17) is 5.73 Å². The van der Waals surface area contributed by atoms with Gasteiger partial charge in [-0.1, -0.05) is 13.8 Å².